The molecular weight excluding hydrogens is 262 g/mol. The quantitative estimate of drug-likeness (QED) is 0.796. The summed E-state index contributed by atoms with van der Waals surface area (Å²) in [6.45, 7) is 0.925. The molecule has 0 unspecified atom stereocenters. The Bertz CT molecular complexity index is 476. The summed E-state index contributed by atoms with van der Waals surface area (Å²) in [5.41, 5.74) is 0. The van der Waals surface area contributed by atoms with Crippen molar-refractivity contribution in [2.24, 2.45) is 0 Å². The summed E-state index contributed by atoms with van der Waals surface area (Å²) in [5, 5.41) is 17.7. The van der Waals surface area contributed by atoms with Crippen LogP contribution >= 0.6 is 0 Å². The molecule has 1 fully saturated rings. The number of carbonyl (C=O) groups is 2. The number of carboxylic acid groups (broad SMARTS) is 2. The highest BCUT2D eigenvalue weighted by Gasteiger charge is 2.24. The summed E-state index contributed by atoms with van der Waals surface area (Å²) < 4.78 is 5.25. The van der Waals surface area contributed by atoms with E-state index in [-0.39, 0.29) is 12.2 Å². The molecule has 1 aliphatic carbocycles. The molecule has 1 aliphatic rings. The van der Waals surface area contributed by atoms with Crippen LogP contribution in [-0.2, 0) is 11.3 Å². The Morgan fingerprint density at radius 1 is 1.25 bits per heavy atom. The van der Waals surface area contributed by atoms with Crippen molar-refractivity contribution in [1.29, 1.82) is 0 Å². The molecule has 2 N–H and O–H groups in total. The van der Waals surface area contributed by atoms with E-state index in [1.54, 1.807) is 6.07 Å². The fourth-order valence-corrected chi connectivity index (χ4v) is 2.68. The normalized spacial score (nSPS) is 15.8. The van der Waals surface area contributed by atoms with Gasteiger partial charge < -0.3 is 14.6 Å². The Balaban J connectivity index is 2.01. The third-order valence-corrected chi connectivity index (χ3v) is 3.69. The van der Waals surface area contributed by atoms with Crippen LogP contribution in [0.5, 0.6) is 0 Å². The fourth-order valence-electron chi connectivity index (χ4n) is 2.68. The summed E-state index contributed by atoms with van der Waals surface area (Å²) >= 11 is 0. The van der Waals surface area contributed by atoms with Crippen LogP contribution in [0.25, 0.3) is 0 Å². The average molecular weight is 281 g/mol. The first kappa shape index (κ1) is 14.6. The van der Waals surface area contributed by atoms with Gasteiger partial charge in [-0.1, -0.05) is 12.8 Å². The van der Waals surface area contributed by atoms with E-state index in [1.165, 1.54) is 6.07 Å². The van der Waals surface area contributed by atoms with E-state index in [0.29, 0.717) is 24.9 Å². The van der Waals surface area contributed by atoms with E-state index in [1.807, 2.05) is 0 Å². The summed E-state index contributed by atoms with van der Waals surface area (Å²) in [7, 11) is 0. The minimum absolute atomic E-state index is 0.0791. The van der Waals surface area contributed by atoms with Gasteiger partial charge in [-0.05, 0) is 25.0 Å². The van der Waals surface area contributed by atoms with Gasteiger partial charge >= 0.3 is 11.9 Å². The lowest BCUT2D eigenvalue weighted by Crippen LogP contribution is -2.34. The van der Waals surface area contributed by atoms with Crippen molar-refractivity contribution in [2.75, 3.05) is 6.54 Å². The highest BCUT2D eigenvalue weighted by Crippen LogP contribution is 2.25. The smallest absolute Gasteiger partial charge is 0.371 e. The predicted octanol–water partition coefficient (Wildman–Crippen LogP) is 2.20. The molecule has 0 amide bonds. The molecule has 0 aliphatic heterocycles. The van der Waals surface area contributed by atoms with Crippen molar-refractivity contribution in [3.8, 4) is 0 Å². The zero-order chi connectivity index (χ0) is 14.5. The molecule has 0 aromatic carbocycles. The van der Waals surface area contributed by atoms with Gasteiger partial charge in [-0.2, -0.15) is 0 Å². The molecule has 1 heterocycles. The first-order valence-electron chi connectivity index (χ1n) is 6.84. The van der Waals surface area contributed by atoms with Crippen molar-refractivity contribution < 1.29 is 24.2 Å². The minimum atomic E-state index is -1.09. The lowest BCUT2D eigenvalue weighted by molar-refractivity contribution is -0.137. The topological polar surface area (TPSA) is 91.0 Å². The molecule has 1 saturated carbocycles. The maximum Gasteiger partial charge on any atom is 0.371 e. The fraction of sp³-hybridized carbons (Fsp3) is 0.571. The zero-order valence-electron chi connectivity index (χ0n) is 11.2. The summed E-state index contributed by atoms with van der Waals surface area (Å²) in [6.07, 6.45) is 4.53. The van der Waals surface area contributed by atoms with Gasteiger partial charge in [0.25, 0.3) is 0 Å². The maximum atomic E-state index is 10.8. The van der Waals surface area contributed by atoms with Crippen molar-refractivity contribution in [3.05, 3.63) is 23.7 Å². The highest BCUT2D eigenvalue weighted by atomic mass is 16.4. The van der Waals surface area contributed by atoms with Gasteiger partial charge in [-0.3, -0.25) is 9.69 Å². The Morgan fingerprint density at radius 2 is 1.95 bits per heavy atom. The van der Waals surface area contributed by atoms with E-state index in [2.05, 4.69) is 4.90 Å². The van der Waals surface area contributed by atoms with Crippen molar-refractivity contribution >= 4 is 11.9 Å². The number of rotatable bonds is 7. The third-order valence-electron chi connectivity index (χ3n) is 3.69. The Labute approximate surface area is 117 Å². The number of hydrogen-bond acceptors (Lipinski definition) is 4. The predicted molar refractivity (Wildman–Crippen MR) is 70.6 cm³/mol. The zero-order valence-corrected chi connectivity index (χ0v) is 11.2. The van der Waals surface area contributed by atoms with E-state index in [4.69, 9.17) is 14.6 Å². The van der Waals surface area contributed by atoms with Crippen LogP contribution in [0, 0.1) is 0 Å². The first-order chi connectivity index (χ1) is 9.56. The van der Waals surface area contributed by atoms with Crippen LogP contribution in [-0.4, -0.2) is 39.6 Å². The van der Waals surface area contributed by atoms with Crippen molar-refractivity contribution in [2.45, 2.75) is 44.7 Å². The molecular formula is C14H19NO5. The number of aliphatic carboxylic acids is 1. The molecule has 0 atom stereocenters. The Hall–Kier alpha value is -1.82. The van der Waals surface area contributed by atoms with Gasteiger partial charge in [0.2, 0.25) is 5.76 Å². The van der Waals surface area contributed by atoms with Crippen LogP contribution in [0.15, 0.2) is 16.5 Å². The van der Waals surface area contributed by atoms with Crippen molar-refractivity contribution in [3.63, 3.8) is 0 Å². The van der Waals surface area contributed by atoms with Gasteiger partial charge in [-0.15, -0.1) is 0 Å². The number of nitrogens with zero attached hydrogens (tertiary/aromatic N) is 1. The van der Waals surface area contributed by atoms with Gasteiger partial charge in [0.05, 0.1) is 13.0 Å². The van der Waals surface area contributed by atoms with Gasteiger partial charge in [-0.25, -0.2) is 4.79 Å². The van der Waals surface area contributed by atoms with Crippen LogP contribution in [0.1, 0.15) is 48.4 Å². The van der Waals surface area contributed by atoms with Gasteiger partial charge in [0, 0.05) is 12.6 Å². The largest absolute Gasteiger partial charge is 0.481 e. The molecule has 110 valence electrons. The molecule has 0 bridgehead atoms. The molecule has 1 aromatic heterocycles. The number of hydrogen-bond donors (Lipinski definition) is 2. The molecule has 2 rings (SSSR count). The van der Waals surface area contributed by atoms with E-state index in [9.17, 15) is 9.59 Å². The second kappa shape index (κ2) is 6.56. The number of aromatic carboxylic acids is 1. The molecule has 0 spiro atoms. The maximum absolute atomic E-state index is 10.8. The van der Waals surface area contributed by atoms with Crippen LogP contribution < -0.4 is 0 Å². The molecule has 0 saturated heterocycles. The highest BCUT2D eigenvalue weighted by molar-refractivity contribution is 5.84. The van der Waals surface area contributed by atoms with Gasteiger partial charge in [0.15, 0.2) is 0 Å². The molecule has 0 radical (unpaired) electrons. The van der Waals surface area contributed by atoms with Gasteiger partial charge in [0.1, 0.15) is 5.76 Å². The lowest BCUT2D eigenvalue weighted by atomic mass is 10.2. The molecule has 6 nitrogen and oxygen atoms in total. The van der Waals surface area contributed by atoms with Crippen molar-refractivity contribution in [1.82, 2.24) is 4.90 Å². The van der Waals surface area contributed by atoms with Crippen LogP contribution in [0.3, 0.4) is 0 Å². The molecule has 1 aromatic rings. The molecule has 6 heteroatoms. The van der Waals surface area contributed by atoms with Crippen LogP contribution in [0.4, 0.5) is 0 Å². The van der Waals surface area contributed by atoms with E-state index in [0.717, 1.165) is 25.7 Å². The van der Waals surface area contributed by atoms with E-state index >= 15 is 0 Å². The second-order valence-electron chi connectivity index (χ2n) is 5.12. The Kier molecular flexibility index (Phi) is 4.79. The average Bonchev–Trinajstić information content (AvgIpc) is 3.05. The molecule has 20 heavy (non-hydrogen) atoms. The minimum Gasteiger partial charge on any atom is -0.481 e. The lowest BCUT2D eigenvalue weighted by Gasteiger charge is -2.27. The Morgan fingerprint density at radius 3 is 2.50 bits per heavy atom. The summed E-state index contributed by atoms with van der Waals surface area (Å²) in [6, 6.07) is 3.45. The third kappa shape index (κ3) is 3.84. The standard InChI is InChI=1S/C14H19NO5/c16-13(17)7-8-15(10-3-1-2-4-10)9-11-5-6-12(20-11)14(18)19/h5-6,10H,1-4,7-9H2,(H,16,17)(H,18,19). The summed E-state index contributed by atoms with van der Waals surface area (Å²) in [5.74, 6) is -1.42. The monoisotopic (exact) mass is 281 g/mol. The second-order valence-corrected chi connectivity index (χ2v) is 5.12. The van der Waals surface area contributed by atoms with Crippen LogP contribution in [0.2, 0.25) is 0 Å². The SMILES string of the molecule is O=C(O)CCN(Cc1ccc(C(=O)O)o1)C1CCCC1. The summed E-state index contributed by atoms with van der Waals surface area (Å²) in [4.78, 5) is 23.6. The number of furan rings is 1. The number of carboxylic acids is 2. The van der Waals surface area contributed by atoms with E-state index < -0.39 is 11.9 Å². The first-order valence-corrected chi connectivity index (χ1v) is 6.84.